The highest BCUT2D eigenvalue weighted by Crippen LogP contribution is 2.32. The van der Waals surface area contributed by atoms with Gasteiger partial charge < -0.3 is 9.32 Å². The van der Waals surface area contributed by atoms with Gasteiger partial charge in [-0.1, -0.05) is 29.8 Å². The summed E-state index contributed by atoms with van der Waals surface area (Å²) in [6.45, 7) is 2.18. The smallest absolute Gasteiger partial charge is 0.224 e. The first-order valence-electron chi connectivity index (χ1n) is 8.33. The van der Waals surface area contributed by atoms with Crippen LogP contribution in [0.15, 0.2) is 59.4 Å². The average molecular weight is 352 g/mol. The summed E-state index contributed by atoms with van der Waals surface area (Å²) in [7, 11) is 0. The minimum atomic E-state index is 0.0373. The SMILES string of the molecule is CC(=O)N1Cc2ccc(-c3ccoc3)cc2CCc2cc(Cl)ccc21. The van der Waals surface area contributed by atoms with E-state index in [0.717, 1.165) is 35.2 Å². The maximum atomic E-state index is 12.3. The number of rotatable bonds is 1. The molecule has 0 fully saturated rings. The van der Waals surface area contributed by atoms with Crippen molar-refractivity contribution in [2.24, 2.45) is 0 Å². The third kappa shape index (κ3) is 3.08. The molecule has 0 saturated carbocycles. The van der Waals surface area contributed by atoms with E-state index in [9.17, 15) is 4.79 Å². The summed E-state index contributed by atoms with van der Waals surface area (Å²) >= 11 is 6.18. The highest BCUT2D eigenvalue weighted by molar-refractivity contribution is 6.30. The number of aryl methyl sites for hydroxylation is 2. The lowest BCUT2D eigenvalue weighted by atomic mass is 9.93. The predicted molar refractivity (Wildman–Crippen MR) is 99.9 cm³/mol. The Morgan fingerprint density at radius 1 is 1.00 bits per heavy atom. The molecule has 0 atom stereocenters. The topological polar surface area (TPSA) is 33.5 Å². The number of hydrogen-bond donors (Lipinski definition) is 0. The molecule has 1 amide bonds. The number of nitrogens with zero attached hydrogens (tertiary/aromatic N) is 1. The number of anilines is 1. The Hall–Kier alpha value is -2.52. The van der Waals surface area contributed by atoms with Gasteiger partial charge in [-0.3, -0.25) is 4.79 Å². The Labute approximate surface area is 151 Å². The molecular weight excluding hydrogens is 334 g/mol. The van der Waals surface area contributed by atoms with Crippen LogP contribution in [0.2, 0.25) is 5.02 Å². The maximum absolute atomic E-state index is 12.3. The molecule has 0 saturated heterocycles. The zero-order valence-electron chi connectivity index (χ0n) is 14.0. The van der Waals surface area contributed by atoms with Crippen LogP contribution in [-0.4, -0.2) is 5.91 Å². The van der Waals surface area contributed by atoms with Crippen molar-refractivity contribution in [3.05, 3.63) is 76.7 Å². The lowest BCUT2D eigenvalue weighted by Crippen LogP contribution is -2.30. The Balaban J connectivity index is 1.78. The predicted octanol–water partition coefficient (Wildman–Crippen LogP) is 5.25. The van der Waals surface area contributed by atoms with Crippen molar-refractivity contribution in [2.75, 3.05) is 4.90 Å². The van der Waals surface area contributed by atoms with Crippen molar-refractivity contribution in [2.45, 2.75) is 26.3 Å². The van der Waals surface area contributed by atoms with Crippen molar-refractivity contribution >= 4 is 23.2 Å². The molecule has 0 unspecified atom stereocenters. The molecule has 1 aliphatic heterocycles. The Bertz CT molecular complexity index is 931. The van der Waals surface area contributed by atoms with Crippen LogP contribution in [0.4, 0.5) is 5.69 Å². The number of carbonyl (C=O) groups excluding carboxylic acids is 1. The van der Waals surface area contributed by atoms with E-state index in [-0.39, 0.29) is 5.91 Å². The third-order valence-electron chi connectivity index (χ3n) is 4.77. The number of carbonyl (C=O) groups is 1. The van der Waals surface area contributed by atoms with Crippen LogP contribution in [0.1, 0.15) is 23.6 Å². The second kappa shape index (κ2) is 6.41. The van der Waals surface area contributed by atoms with Crippen molar-refractivity contribution in [3.8, 4) is 11.1 Å². The van der Waals surface area contributed by atoms with Gasteiger partial charge in [-0.2, -0.15) is 0 Å². The molecule has 0 N–H and O–H groups in total. The molecule has 2 heterocycles. The fourth-order valence-electron chi connectivity index (χ4n) is 3.44. The van der Waals surface area contributed by atoms with Crippen LogP contribution >= 0.6 is 11.6 Å². The zero-order chi connectivity index (χ0) is 17.4. The van der Waals surface area contributed by atoms with E-state index in [0.29, 0.717) is 11.6 Å². The van der Waals surface area contributed by atoms with E-state index in [1.807, 2.05) is 29.2 Å². The van der Waals surface area contributed by atoms with Gasteiger partial charge in [0.25, 0.3) is 0 Å². The molecular formula is C21H18ClNO2. The van der Waals surface area contributed by atoms with Gasteiger partial charge in [-0.25, -0.2) is 0 Å². The molecule has 0 spiro atoms. The normalized spacial score (nSPS) is 13.6. The number of halogens is 1. The molecule has 3 aromatic rings. The number of hydrogen-bond acceptors (Lipinski definition) is 2. The third-order valence-corrected chi connectivity index (χ3v) is 5.00. The summed E-state index contributed by atoms with van der Waals surface area (Å²) in [6, 6.07) is 14.1. The zero-order valence-corrected chi connectivity index (χ0v) is 14.7. The molecule has 1 aliphatic rings. The number of benzene rings is 2. The second-order valence-electron chi connectivity index (χ2n) is 6.37. The van der Waals surface area contributed by atoms with Gasteiger partial charge in [0.05, 0.1) is 19.1 Å². The summed E-state index contributed by atoms with van der Waals surface area (Å²) in [4.78, 5) is 14.1. The standard InChI is InChI=1S/C21H18ClNO2/c1-14(24)23-12-18-5-3-16(19-8-9-25-13-19)10-15(18)2-4-17-11-20(22)6-7-21(17)23/h3,5-11,13H,2,4,12H2,1H3. The molecule has 25 heavy (non-hydrogen) atoms. The first-order chi connectivity index (χ1) is 12.1. The molecule has 4 rings (SSSR count). The molecule has 3 nitrogen and oxygen atoms in total. The van der Waals surface area contributed by atoms with Gasteiger partial charge in [0.1, 0.15) is 0 Å². The minimum Gasteiger partial charge on any atom is -0.472 e. The van der Waals surface area contributed by atoms with Crippen molar-refractivity contribution in [1.82, 2.24) is 0 Å². The van der Waals surface area contributed by atoms with Gasteiger partial charge in [0.2, 0.25) is 5.91 Å². The van der Waals surface area contributed by atoms with Crippen molar-refractivity contribution < 1.29 is 9.21 Å². The quantitative estimate of drug-likeness (QED) is 0.599. The van der Waals surface area contributed by atoms with E-state index in [2.05, 4.69) is 18.2 Å². The maximum Gasteiger partial charge on any atom is 0.224 e. The lowest BCUT2D eigenvalue weighted by molar-refractivity contribution is -0.116. The van der Waals surface area contributed by atoms with Crippen LogP contribution in [0.3, 0.4) is 0 Å². The second-order valence-corrected chi connectivity index (χ2v) is 6.81. The van der Waals surface area contributed by atoms with Gasteiger partial charge >= 0.3 is 0 Å². The molecule has 2 aromatic carbocycles. The molecule has 0 aliphatic carbocycles. The largest absolute Gasteiger partial charge is 0.472 e. The lowest BCUT2D eigenvalue weighted by Gasteiger charge is -2.28. The highest BCUT2D eigenvalue weighted by atomic mass is 35.5. The Morgan fingerprint density at radius 2 is 1.84 bits per heavy atom. The Morgan fingerprint density at radius 3 is 2.60 bits per heavy atom. The molecule has 1 aromatic heterocycles. The van der Waals surface area contributed by atoms with Crippen molar-refractivity contribution in [1.29, 1.82) is 0 Å². The van der Waals surface area contributed by atoms with Crippen LogP contribution in [0.5, 0.6) is 0 Å². The van der Waals surface area contributed by atoms with Gasteiger partial charge in [0, 0.05) is 23.2 Å². The number of furan rings is 1. The van der Waals surface area contributed by atoms with E-state index >= 15 is 0 Å². The number of amides is 1. The molecule has 126 valence electrons. The molecule has 0 bridgehead atoms. The van der Waals surface area contributed by atoms with E-state index in [4.69, 9.17) is 16.0 Å². The molecule has 0 radical (unpaired) electrons. The summed E-state index contributed by atoms with van der Waals surface area (Å²) in [5.41, 5.74) is 6.72. The Kier molecular flexibility index (Phi) is 4.10. The summed E-state index contributed by atoms with van der Waals surface area (Å²) in [5, 5.41) is 0.704. The van der Waals surface area contributed by atoms with E-state index in [1.165, 1.54) is 11.1 Å². The summed E-state index contributed by atoms with van der Waals surface area (Å²) in [6.07, 6.45) is 5.20. The van der Waals surface area contributed by atoms with Gasteiger partial charge in [-0.05, 0) is 59.4 Å². The van der Waals surface area contributed by atoms with Crippen LogP contribution < -0.4 is 4.90 Å². The monoisotopic (exact) mass is 351 g/mol. The molecule has 4 heteroatoms. The van der Waals surface area contributed by atoms with Crippen LogP contribution in [-0.2, 0) is 24.2 Å². The minimum absolute atomic E-state index is 0.0373. The summed E-state index contributed by atoms with van der Waals surface area (Å²) in [5.74, 6) is 0.0373. The van der Waals surface area contributed by atoms with E-state index in [1.54, 1.807) is 19.5 Å². The van der Waals surface area contributed by atoms with Crippen molar-refractivity contribution in [3.63, 3.8) is 0 Å². The first-order valence-corrected chi connectivity index (χ1v) is 8.70. The summed E-state index contributed by atoms with van der Waals surface area (Å²) < 4.78 is 5.20. The fraction of sp³-hybridized carbons (Fsp3) is 0.190. The fourth-order valence-corrected chi connectivity index (χ4v) is 3.64. The van der Waals surface area contributed by atoms with Gasteiger partial charge in [-0.15, -0.1) is 0 Å². The average Bonchev–Trinajstić information content (AvgIpc) is 3.11. The number of fused-ring (bicyclic) bond motifs is 2. The van der Waals surface area contributed by atoms with Gasteiger partial charge in [0.15, 0.2) is 0 Å². The highest BCUT2D eigenvalue weighted by Gasteiger charge is 2.21. The van der Waals surface area contributed by atoms with Crippen LogP contribution in [0, 0.1) is 0 Å². The first kappa shape index (κ1) is 16.0. The van der Waals surface area contributed by atoms with Crippen LogP contribution in [0.25, 0.3) is 11.1 Å². The van der Waals surface area contributed by atoms with E-state index < -0.39 is 0 Å².